The Bertz CT molecular complexity index is 943. The van der Waals surface area contributed by atoms with Crippen LogP contribution in [0.1, 0.15) is 5.56 Å². The zero-order chi connectivity index (χ0) is 18.7. The first-order valence-corrected chi connectivity index (χ1v) is 9.37. The molecular formula is C17H18N2O6S. The lowest BCUT2D eigenvalue weighted by Crippen LogP contribution is -2.49. The highest BCUT2D eigenvalue weighted by Crippen LogP contribution is 2.18. The maximum Gasteiger partial charge on any atom is 0.424 e. The summed E-state index contributed by atoms with van der Waals surface area (Å²) >= 11 is 0. The second-order valence-electron chi connectivity index (χ2n) is 5.77. The van der Waals surface area contributed by atoms with E-state index in [0.29, 0.717) is 4.31 Å². The summed E-state index contributed by atoms with van der Waals surface area (Å²) in [6, 6.07) is 12.1. The van der Waals surface area contributed by atoms with E-state index in [2.05, 4.69) is 9.46 Å². The zero-order valence-corrected chi connectivity index (χ0v) is 14.9. The second kappa shape index (κ2) is 7.30. The summed E-state index contributed by atoms with van der Waals surface area (Å²) in [6.45, 7) is -0.120. The van der Waals surface area contributed by atoms with Crippen LogP contribution in [0.3, 0.4) is 0 Å². The molecule has 2 aromatic rings. The van der Waals surface area contributed by atoms with Gasteiger partial charge in [-0.3, -0.25) is 4.79 Å². The zero-order valence-electron chi connectivity index (χ0n) is 14.0. The van der Waals surface area contributed by atoms with Crippen molar-refractivity contribution in [2.75, 3.05) is 20.3 Å². The topological polar surface area (TPSA) is 102 Å². The van der Waals surface area contributed by atoms with Gasteiger partial charge >= 0.3 is 22.3 Å². The summed E-state index contributed by atoms with van der Waals surface area (Å²) in [5.74, 6) is -0.741. The van der Waals surface area contributed by atoms with E-state index in [-0.39, 0.29) is 19.6 Å². The van der Waals surface area contributed by atoms with Crippen molar-refractivity contribution in [3.63, 3.8) is 0 Å². The molecule has 8 nitrogen and oxygen atoms in total. The van der Waals surface area contributed by atoms with Gasteiger partial charge in [0.25, 0.3) is 0 Å². The average molecular weight is 378 g/mol. The summed E-state index contributed by atoms with van der Waals surface area (Å²) in [6.07, 6.45) is -0.883. The van der Waals surface area contributed by atoms with Gasteiger partial charge in [0.05, 0.1) is 13.7 Å². The lowest BCUT2D eigenvalue weighted by molar-refractivity contribution is -0.142. The van der Waals surface area contributed by atoms with Gasteiger partial charge < -0.3 is 9.47 Å². The fourth-order valence-corrected chi connectivity index (χ4v) is 3.99. The molecule has 26 heavy (non-hydrogen) atoms. The molecule has 1 saturated heterocycles. The number of cyclic esters (lactones) is 1. The third kappa shape index (κ3) is 3.78. The predicted octanol–water partition coefficient (Wildman–Crippen LogP) is 1.21. The SMILES string of the molecule is COC(=O)[C@H](Cc1ccc2ccccc2c1)NS(=O)(=O)N1CCOC1=O. The highest BCUT2D eigenvalue weighted by atomic mass is 32.2. The molecule has 1 fully saturated rings. The number of hydrogen-bond donors (Lipinski definition) is 1. The molecule has 0 unspecified atom stereocenters. The minimum Gasteiger partial charge on any atom is -0.468 e. The molecule has 138 valence electrons. The molecule has 0 aromatic heterocycles. The van der Waals surface area contributed by atoms with Crippen molar-refractivity contribution in [2.45, 2.75) is 12.5 Å². The van der Waals surface area contributed by atoms with E-state index >= 15 is 0 Å². The van der Waals surface area contributed by atoms with Gasteiger partial charge in [-0.1, -0.05) is 42.5 Å². The van der Waals surface area contributed by atoms with Crippen molar-refractivity contribution in [3.05, 3.63) is 48.0 Å². The van der Waals surface area contributed by atoms with Crippen molar-refractivity contribution >= 4 is 33.0 Å². The van der Waals surface area contributed by atoms with Crippen LogP contribution < -0.4 is 4.72 Å². The number of ether oxygens (including phenoxy) is 2. The van der Waals surface area contributed by atoms with Gasteiger partial charge in [-0.2, -0.15) is 17.4 Å². The highest BCUT2D eigenvalue weighted by molar-refractivity contribution is 7.87. The third-order valence-corrected chi connectivity index (χ3v) is 5.54. The van der Waals surface area contributed by atoms with Gasteiger partial charge in [-0.25, -0.2) is 4.79 Å². The number of nitrogens with zero attached hydrogens (tertiary/aromatic N) is 1. The molecule has 1 atom stereocenters. The van der Waals surface area contributed by atoms with Crippen molar-refractivity contribution < 1.29 is 27.5 Å². The van der Waals surface area contributed by atoms with Crippen molar-refractivity contribution in [2.24, 2.45) is 0 Å². The van der Waals surface area contributed by atoms with Crippen LogP contribution in [-0.2, 0) is 30.9 Å². The Balaban J connectivity index is 1.83. The molecule has 1 heterocycles. The number of rotatable bonds is 6. The number of esters is 1. The van der Waals surface area contributed by atoms with E-state index in [1.807, 2.05) is 42.5 Å². The summed E-state index contributed by atoms with van der Waals surface area (Å²) in [7, 11) is -3.04. The Kier molecular flexibility index (Phi) is 5.10. The van der Waals surface area contributed by atoms with Gasteiger partial charge in [-0.05, 0) is 22.8 Å². The fourth-order valence-electron chi connectivity index (χ4n) is 2.76. The molecule has 0 radical (unpaired) electrons. The number of carbonyl (C=O) groups is 2. The number of amides is 1. The third-order valence-electron chi connectivity index (χ3n) is 4.04. The maximum atomic E-state index is 12.4. The first-order valence-electron chi connectivity index (χ1n) is 7.93. The average Bonchev–Trinajstić information content (AvgIpc) is 3.07. The molecule has 9 heteroatoms. The minimum absolute atomic E-state index is 0.0205. The summed E-state index contributed by atoms with van der Waals surface area (Å²) in [5, 5.41) is 2.01. The Morgan fingerprint density at radius 2 is 2.00 bits per heavy atom. The highest BCUT2D eigenvalue weighted by Gasteiger charge is 2.36. The largest absolute Gasteiger partial charge is 0.468 e. The van der Waals surface area contributed by atoms with Gasteiger partial charge in [0.2, 0.25) is 0 Å². The number of hydrogen-bond acceptors (Lipinski definition) is 6. The smallest absolute Gasteiger partial charge is 0.424 e. The minimum atomic E-state index is -4.22. The van der Waals surface area contributed by atoms with E-state index in [9.17, 15) is 18.0 Å². The Hall–Kier alpha value is -2.65. The molecule has 1 aliphatic rings. The van der Waals surface area contributed by atoms with Crippen LogP contribution in [0, 0.1) is 0 Å². The van der Waals surface area contributed by atoms with E-state index in [1.165, 1.54) is 7.11 Å². The van der Waals surface area contributed by atoms with Crippen molar-refractivity contribution in [3.8, 4) is 0 Å². The number of methoxy groups -OCH3 is 1. The molecule has 1 amide bonds. The molecule has 0 aliphatic carbocycles. The molecule has 3 rings (SSSR count). The number of carbonyl (C=O) groups excluding carboxylic acids is 2. The van der Waals surface area contributed by atoms with Crippen LogP contribution in [0.25, 0.3) is 10.8 Å². The van der Waals surface area contributed by atoms with Crippen LogP contribution in [0.15, 0.2) is 42.5 Å². The van der Waals surface area contributed by atoms with Crippen LogP contribution in [0.5, 0.6) is 0 Å². The lowest BCUT2D eigenvalue weighted by Gasteiger charge is -2.20. The van der Waals surface area contributed by atoms with Crippen LogP contribution >= 0.6 is 0 Å². The summed E-state index contributed by atoms with van der Waals surface area (Å²) < 4.78 is 36.9. The standard InChI is InChI=1S/C17H18N2O6S/c1-24-16(20)15(18-26(22,23)19-8-9-25-17(19)21)11-12-6-7-13-4-2-3-5-14(13)10-12/h2-7,10,15,18H,8-9,11H2,1H3/t15-/m0/s1. The Morgan fingerprint density at radius 3 is 2.65 bits per heavy atom. The first kappa shape index (κ1) is 18.2. The van der Waals surface area contributed by atoms with Gasteiger partial charge in [-0.15, -0.1) is 0 Å². The molecule has 0 saturated carbocycles. The van der Waals surface area contributed by atoms with Crippen LogP contribution in [0.2, 0.25) is 0 Å². The molecular weight excluding hydrogens is 360 g/mol. The maximum absolute atomic E-state index is 12.4. The van der Waals surface area contributed by atoms with Gasteiger partial charge in [0.1, 0.15) is 12.6 Å². The first-order chi connectivity index (χ1) is 12.4. The van der Waals surface area contributed by atoms with Crippen LogP contribution in [-0.4, -0.2) is 51.1 Å². The molecule has 2 aromatic carbocycles. The van der Waals surface area contributed by atoms with E-state index in [1.54, 1.807) is 0 Å². The van der Waals surface area contributed by atoms with E-state index in [4.69, 9.17) is 4.74 Å². The molecule has 1 N–H and O–H groups in total. The van der Waals surface area contributed by atoms with Crippen molar-refractivity contribution in [1.82, 2.24) is 9.03 Å². The summed E-state index contributed by atoms with van der Waals surface area (Å²) in [4.78, 5) is 23.6. The number of fused-ring (bicyclic) bond motifs is 1. The quantitative estimate of drug-likeness (QED) is 0.758. The number of nitrogens with one attached hydrogen (secondary N) is 1. The van der Waals surface area contributed by atoms with Crippen molar-refractivity contribution in [1.29, 1.82) is 0 Å². The molecule has 0 bridgehead atoms. The van der Waals surface area contributed by atoms with E-state index in [0.717, 1.165) is 16.3 Å². The lowest BCUT2D eigenvalue weighted by atomic mass is 10.0. The van der Waals surface area contributed by atoms with Crippen LogP contribution in [0.4, 0.5) is 4.79 Å². The Labute approximate surface area is 150 Å². The van der Waals surface area contributed by atoms with Gasteiger partial charge in [0, 0.05) is 0 Å². The Morgan fingerprint density at radius 1 is 1.27 bits per heavy atom. The van der Waals surface area contributed by atoms with E-state index < -0.39 is 28.3 Å². The number of benzene rings is 2. The van der Waals surface area contributed by atoms with Gasteiger partial charge in [0.15, 0.2) is 0 Å². The fraction of sp³-hybridized carbons (Fsp3) is 0.294. The summed E-state index contributed by atoms with van der Waals surface area (Å²) in [5.41, 5.74) is 0.755. The molecule has 0 spiro atoms. The second-order valence-corrected chi connectivity index (χ2v) is 7.40. The molecule has 1 aliphatic heterocycles. The monoisotopic (exact) mass is 378 g/mol. The predicted molar refractivity (Wildman–Crippen MR) is 93.6 cm³/mol. The normalized spacial score (nSPS) is 15.7.